The molecule has 0 saturated carbocycles. The van der Waals surface area contributed by atoms with Gasteiger partial charge in [0.2, 0.25) is 0 Å². The summed E-state index contributed by atoms with van der Waals surface area (Å²) in [6.45, 7) is 0. The topological polar surface area (TPSA) is 45.0 Å². The summed E-state index contributed by atoms with van der Waals surface area (Å²) in [5.41, 5.74) is 17.6. The fourth-order valence-corrected chi connectivity index (χ4v) is 13.7. The third-order valence-corrected chi connectivity index (χ3v) is 16.6. The molecule has 0 N–H and O–H groups in total. The Kier molecular flexibility index (Phi) is 6.20. The molecule has 6 nitrogen and oxygen atoms in total. The average Bonchev–Trinajstić information content (AvgIpc) is 4.32. The highest BCUT2D eigenvalue weighted by Crippen LogP contribution is 2.48. The van der Waals surface area contributed by atoms with E-state index in [9.17, 15) is 0 Å². The Balaban J connectivity index is 0.915. The van der Waals surface area contributed by atoms with Crippen molar-refractivity contribution in [2.75, 3.05) is 0 Å². The van der Waals surface area contributed by atoms with Crippen molar-refractivity contribution in [3.8, 4) is 11.4 Å². The number of aromatic nitrogens is 4. The van der Waals surface area contributed by atoms with Gasteiger partial charge in [-0.3, -0.25) is 0 Å². The minimum Gasteiger partial charge on any atom is -0.454 e. The molecule has 0 fully saturated rings. The summed E-state index contributed by atoms with van der Waals surface area (Å²) in [5, 5.41) is 19.5. The first-order valence-electron chi connectivity index (χ1n) is 24.7. The van der Waals surface area contributed by atoms with Crippen molar-refractivity contribution in [2.24, 2.45) is 0 Å². The first kappa shape index (κ1) is 36.2. The van der Waals surface area contributed by atoms with Gasteiger partial charge in [-0.1, -0.05) is 133 Å². The molecule has 8 heterocycles. The van der Waals surface area contributed by atoms with Gasteiger partial charge in [0.25, 0.3) is 0 Å². The molecule has 0 aliphatic carbocycles. The van der Waals surface area contributed by atoms with E-state index in [-0.39, 0.29) is 0 Å². The third kappa shape index (κ3) is 4.13. The maximum atomic E-state index is 6.71. The molecule has 0 spiro atoms. The predicted molar refractivity (Wildman–Crippen MR) is 299 cm³/mol. The highest BCUT2D eigenvalue weighted by atomic mass is 16.3. The Morgan fingerprint density at radius 2 is 0.556 bits per heavy atom. The van der Waals surface area contributed by atoms with Crippen molar-refractivity contribution in [3.63, 3.8) is 0 Å². The van der Waals surface area contributed by atoms with E-state index in [2.05, 4.69) is 212 Å². The number of fused-ring (bicyclic) bond motifs is 24. The predicted octanol–water partition coefficient (Wildman–Crippen LogP) is 18.0. The quantitative estimate of drug-likeness (QED) is 0.173. The van der Waals surface area contributed by atoms with Gasteiger partial charge in [-0.2, -0.15) is 0 Å². The maximum absolute atomic E-state index is 6.71. The number of nitrogens with zero attached hydrogens (tertiary/aromatic N) is 4. The van der Waals surface area contributed by atoms with E-state index in [0.717, 1.165) is 77.3 Å². The number of furan rings is 2. The largest absolute Gasteiger partial charge is 0.454 e. The van der Waals surface area contributed by atoms with Crippen LogP contribution in [-0.4, -0.2) is 17.9 Å². The third-order valence-electron chi connectivity index (χ3n) is 16.6. The maximum Gasteiger partial charge on any atom is 0.159 e. The van der Waals surface area contributed by atoms with Crippen LogP contribution >= 0.6 is 0 Å². The van der Waals surface area contributed by atoms with Crippen LogP contribution in [0.1, 0.15) is 0 Å². The molecule has 8 aromatic heterocycles. The summed E-state index contributed by atoms with van der Waals surface area (Å²) < 4.78 is 23.4. The molecule has 19 rings (SSSR count). The van der Waals surface area contributed by atoms with Crippen molar-refractivity contribution in [1.82, 2.24) is 17.9 Å². The first-order chi connectivity index (χ1) is 35.7. The molecule has 0 aliphatic heterocycles. The molecule has 0 radical (unpaired) electrons. The van der Waals surface area contributed by atoms with E-state index in [1.165, 1.54) is 97.7 Å². The molecule has 0 aliphatic rings. The Morgan fingerprint density at radius 3 is 1.01 bits per heavy atom. The normalized spacial score (nSPS) is 13.0. The van der Waals surface area contributed by atoms with Gasteiger partial charge in [-0.15, -0.1) is 0 Å². The van der Waals surface area contributed by atoms with Gasteiger partial charge < -0.3 is 26.8 Å². The van der Waals surface area contributed by atoms with E-state index in [1.807, 2.05) is 12.1 Å². The monoisotopic (exact) mass is 914 g/mol. The Labute approximate surface area is 406 Å². The lowest BCUT2D eigenvalue weighted by molar-refractivity contribution is 0.666. The average molecular weight is 915 g/mol. The second kappa shape index (κ2) is 12.3. The molecule has 72 heavy (non-hydrogen) atoms. The molecule has 0 amide bonds. The lowest BCUT2D eigenvalue weighted by Gasteiger charge is -2.09. The van der Waals surface area contributed by atoms with Gasteiger partial charge in [-0.05, 0) is 72.8 Å². The van der Waals surface area contributed by atoms with Gasteiger partial charge in [0.15, 0.2) is 11.2 Å². The summed E-state index contributed by atoms with van der Waals surface area (Å²) in [5.74, 6) is 0. The van der Waals surface area contributed by atoms with Crippen LogP contribution in [-0.2, 0) is 0 Å². The smallest absolute Gasteiger partial charge is 0.159 e. The summed E-state index contributed by atoms with van der Waals surface area (Å²) in [6, 6.07) is 75.9. The van der Waals surface area contributed by atoms with E-state index in [0.29, 0.717) is 0 Å². The van der Waals surface area contributed by atoms with E-state index in [1.54, 1.807) is 0 Å². The molecule has 11 aromatic carbocycles. The first-order valence-corrected chi connectivity index (χ1v) is 24.7. The summed E-state index contributed by atoms with van der Waals surface area (Å²) in [6.07, 6.45) is 0. The van der Waals surface area contributed by atoms with Crippen LogP contribution in [0.15, 0.2) is 215 Å². The van der Waals surface area contributed by atoms with Gasteiger partial charge in [0.1, 0.15) is 11.2 Å². The van der Waals surface area contributed by atoms with Crippen molar-refractivity contribution >= 4 is 164 Å². The van der Waals surface area contributed by atoms with E-state index in [4.69, 9.17) is 8.83 Å². The van der Waals surface area contributed by atoms with Crippen LogP contribution in [0.25, 0.3) is 175 Å². The highest BCUT2D eigenvalue weighted by Gasteiger charge is 2.26. The SMILES string of the molecule is c1ccc2c(c1)oc1c(-n3c4ccccc4c4cc5c6cccc7c8cc9c(cc8n(c5cc43)c76)c3cccc4c5cc6c7ccccc7n(-c7cccc8c7oc7ccccc78)c6cc5n9c34)cccc12. The van der Waals surface area contributed by atoms with Crippen molar-refractivity contribution in [1.29, 1.82) is 0 Å². The van der Waals surface area contributed by atoms with E-state index >= 15 is 0 Å². The van der Waals surface area contributed by atoms with Crippen LogP contribution in [0.3, 0.4) is 0 Å². The summed E-state index contributed by atoms with van der Waals surface area (Å²) >= 11 is 0. The standard InChI is InChI=1S/C66H34N4O2/c1-5-23-51-35(13-1)45-29-47-39-17-9-19-41-49-32-56-50(31-55(49)69(63(39)41)59(47)33-57(45)67(51)53-25-11-21-43-37-15-3-7-27-61(37)71-65(43)53)42-20-10-18-40-48-30-46-36-14-2-6-24-52(36)68(58(46)34-60(48)70(56)64(40)42)54-26-12-22-44-38-16-4-8-28-62(38)72-66(44)54/h1-34H. The number of para-hydroxylation sites is 8. The second-order valence-corrected chi connectivity index (χ2v) is 19.9. The lowest BCUT2D eigenvalue weighted by atomic mass is 10.0. The molecular formula is C66H34N4O2. The Morgan fingerprint density at radius 1 is 0.222 bits per heavy atom. The van der Waals surface area contributed by atoms with Crippen molar-refractivity contribution in [3.05, 3.63) is 206 Å². The van der Waals surface area contributed by atoms with Crippen molar-refractivity contribution < 1.29 is 8.83 Å². The molecular weight excluding hydrogens is 881 g/mol. The molecule has 330 valence electrons. The summed E-state index contributed by atoms with van der Waals surface area (Å²) in [7, 11) is 0. The van der Waals surface area contributed by atoms with Crippen LogP contribution < -0.4 is 0 Å². The number of rotatable bonds is 2. The van der Waals surface area contributed by atoms with E-state index < -0.39 is 0 Å². The Bertz CT molecular complexity index is 5300. The second-order valence-electron chi connectivity index (χ2n) is 19.9. The number of hydrogen-bond donors (Lipinski definition) is 0. The minimum absolute atomic E-state index is 0.894. The molecule has 0 unspecified atom stereocenters. The van der Waals surface area contributed by atoms with Crippen LogP contribution in [0.5, 0.6) is 0 Å². The fraction of sp³-hybridized carbons (Fsp3) is 0. The van der Waals surface area contributed by atoms with Crippen molar-refractivity contribution in [2.45, 2.75) is 0 Å². The molecule has 0 atom stereocenters. The fourth-order valence-electron chi connectivity index (χ4n) is 13.7. The van der Waals surface area contributed by atoms with Crippen LogP contribution in [0, 0.1) is 0 Å². The molecule has 6 heteroatoms. The highest BCUT2D eigenvalue weighted by molar-refractivity contribution is 6.31. The van der Waals surface area contributed by atoms with Gasteiger partial charge in [-0.25, -0.2) is 0 Å². The van der Waals surface area contributed by atoms with Crippen LogP contribution in [0.4, 0.5) is 0 Å². The zero-order valence-electron chi connectivity index (χ0n) is 38.2. The number of benzene rings is 11. The zero-order chi connectivity index (χ0) is 46.2. The molecule has 19 aromatic rings. The Hall–Kier alpha value is -9.78. The van der Waals surface area contributed by atoms with Gasteiger partial charge in [0.05, 0.1) is 66.5 Å². The zero-order valence-corrected chi connectivity index (χ0v) is 38.2. The molecule has 0 bridgehead atoms. The summed E-state index contributed by atoms with van der Waals surface area (Å²) in [4.78, 5) is 0. The minimum atomic E-state index is 0.894. The van der Waals surface area contributed by atoms with Gasteiger partial charge >= 0.3 is 0 Å². The lowest BCUT2D eigenvalue weighted by Crippen LogP contribution is -1.94. The van der Waals surface area contributed by atoms with Gasteiger partial charge in [0, 0.05) is 86.2 Å². The van der Waals surface area contributed by atoms with Crippen LogP contribution in [0.2, 0.25) is 0 Å². The molecule has 0 saturated heterocycles. The number of hydrogen-bond acceptors (Lipinski definition) is 2.